The molecule has 2 aliphatic rings. The standard InChI is InChI=1S/C25H31FN4O2S/c1-32-22-12-10-20(11-13-22)27-24(31)23(18-4-2-3-5-18)29-14-16-30(17-15-29)25(33)28-21-8-6-19(26)7-9-21/h6-13,18,23H,2-5,14-17H2,1H3,(H,27,31)(H,28,33). The average molecular weight is 471 g/mol. The second-order valence-corrected chi connectivity index (χ2v) is 9.05. The van der Waals surface area contributed by atoms with Crippen LogP contribution < -0.4 is 15.4 Å². The number of ether oxygens (including phenoxy) is 1. The van der Waals surface area contributed by atoms with Crippen molar-refractivity contribution < 1.29 is 13.9 Å². The Bertz CT molecular complexity index is 940. The van der Waals surface area contributed by atoms with Crippen LogP contribution in [0.5, 0.6) is 5.75 Å². The molecule has 1 atom stereocenters. The van der Waals surface area contributed by atoms with Crippen molar-refractivity contribution in [1.29, 1.82) is 0 Å². The maximum absolute atomic E-state index is 13.4. The van der Waals surface area contributed by atoms with E-state index in [2.05, 4.69) is 20.4 Å². The lowest BCUT2D eigenvalue weighted by Crippen LogP contribution is -2.57. The van der Waals surface area contributed by atoms with Gasteiger partial charge in [-0.3, -0.25) is 9.69 Å². The number of hydrogen-bond donors (Lipinski definition) is 2. The van der Waals surface area contributed by atoms with Crippen molar-refractivity contribution in [2.24, 2.45) is 5.92 Å². The molecule has 6 nitrogen and oxygen atoms in total. The van der Waals surface area contributed by atoms with Gasteiger partial charge in [-0.05, 0) is 79.5 Å². The predicted octanol–water partition coefficient (Wildman–Crippen LogP) is 4.35. The largest absolute Gasteiger partial charge is 0.497 e. The highest BCUT2D eigenvalue weighted by atomic mass is 32.1. The highest BCUT2D eigenvalue weighted by Gasteiger charge is 2.37. The molecule has 176 valence electrons. The van der Waals surface area contributed by atoms with E-state index < -0.39 is 0 Å². The molecule has 0 radical (unpaired) electrons. The number of piperazine rings is 1. The van der Waals surface area contributed by atoms with Gasteiger partial charge in [0.05, 0.1) is 13.2 Å². The first-order valence-electron chi connectivity index (χ1n) is 11.5. The summed E-state index contributed by atoms with van der Waals surface area (Å²) in [5.41, 5.74) is 1.55. The highest BCUT2D eigenvalue weighted by Crippen LogP contribution is 2.32. The lowest BCUT2D eigenvalue weighted by molar-refractivity contribution is -0.123. The van der Waals surface area contributed by atoms with E-state index >= 15 is 0 Å². The number of nitrogens with zero attached hydrogens (tertiary/aromatic N) is 2. The fraction of sp³-hybridized carbons (Fsp3) is 0.440. The van der Waals surface area contributed by atoms with Crippen LogP contribution in [0.15, 0.2) is 48.5 Å². The number of thiocarbonyl (C=S) groups is 1. The Balaban J connectivity index is 1.37. The van der Waals surface area contributed by atoms with Gasteiger partial charge in [-0.15, -0.1) is 0 Å². The smallest absolute Gasteiger partial charge is 0.242 e. The molecular formula is C25H31FN4O2S. The Labute approximate surface area is 200 Å². The molecule has 1 saturated heterocycles. The molecule has 4 rings (SSSR count). The fourth-order valence-electron chi connectivity index (χ4n) is 4.78. The minimum absolute atomic E-state index is 0.0625. The number of carbonyl (C=O) groups is 1. The molecule has 33 heavy (non-hydrogen) atoms. The summed E-state index contributed by atoms with van der Waals surface area (Å²) in [6, 6.07) is 13.5. The molecule has 2 aromatic rings. The third-order valence-electron chi connectivity index (χ3n) is 6.56. The van der Waals surface area contributed by atoms with Gasteiger partial charge >= 0.3 is 0 Å². The number of amides is 1. The van der Waals surface area contributed by atoms with Crippen LogP contribution in [0, 0.1) is 11.7 Å². The second kappa shape index (κ2) is 10.9. The predicted molar refractivity (Wildman–Crippen MR) is 133 cm³/mol. The Morgan fingerprint density at radius 3 is 2.15 bits per heavy atom. The van der Waals surface area contributed by atoms with E-state index in [0.29, 0.717) is 11.0 Å². The summed E-state index contributed by atoms with van der Waals surface area (Å²) < 4.78 is 18.4. The summed E-state index contributed by atoms with van der Waals surface area (Å²) in [6.45, 7) is 3.02. The molecule has 0 spiro atoms. The van der Waals surface area contributed by atoms with Crippen LogP contribution in [-0.2, 0) is 4.79 Å². The zero-order chi connectivity index (χ0) is 23.2. The molecule has 2 N–H and O–H groups in total. The molecule has 2 fully saturated rings. The van der Waals surface area contributed by atoms with Crippen LogP contribution >= 0.6 is 12.2 Å². The van der Waals surface area contributed by atoms with Crippen LogP contribution in [0.1, 0.15) is 25.7 Å². The van der Waals surface area contributed by atoms with E-state index in [9.17, 15) is 9.18 Å². The molecular weight excluding hydrogens is 439 g/mol. The van der Waals surface area contributed by atoms with Gasteiger partial charge < -0.3 is 20.3 Å². The number of benzene rings is 2. The van der Waals surface area contributed by atoms with Crippen LogP contribution in [0.3, 0.4) is 0 Å². The lowest BCUT2D eigenvalue weighted by Gasteiger charge is -2.41. The van der Waals surface area contributed by atoms with Crippen molar-refractivity contribution >= 4 is 34.6 Å². The molecule has 0 aromatic heterocycles. The SMILES string of the molecule is COc1ccc(NC(=O)C(C2CCCC2)N2CCN(C(=S)Nc3ccc(F)cc3)CC2)cc1. The fourth-order valence-corrected chi connectivity index (χ4v) is 5.08. The summed E-state index contributed by atoms with van der Waals surface area (Å²) in [4.78, 5) is 17.8. The zero-order valence-electron chi connectivity index (χ0n) is 18.9. The summed E-state index contributed by atoms with van der Waals surface area (Å²) in [6.07, 6.45) is 4.54. The lowest BCUT2D eigenvalue weighted by atomic mass is 9.95. The average Bonchev–Trinajstić information content (AvgIpc) is 3.36. The number of carbonyl (C=O) groups excluding carboxylic acids is 1. The Hall–Kier alpha value is -2.71. The number of methoxy groups -OCH3 is 1. The van der Waals surface area contributed by atoms with E-state index in [4.69, 9.17) is 17.0 Å². The van der Waals surface area contributed by atoms with Crippen molar-refractivity contribution in [3.8, 4) is 5.75 Å². The number of halogens is 1. The van der Waals surface area contributed by atoms with Crippen molar-refractivity contribution in [1.82, 2.24) is 9.80 Å². The van der Waals surface area contributed by atoms with Gasteiger partial charge in [-0.1, -0.05) is 12.8 Å². The molecule has 1 saturated carbocycles. The first-order valence-corrected chi connectivity index (χ1v) is 11.9. The highest BCUT2D eigenvalue weighted by molar-refractivity contribution is 7.80. The topological polar surface area (TPSA) is 56.8 Å². The minimum atomic E-state index is -0.272. The van der Waals surface area contributed by atoms with Gasteiger partial charge in [0.25, 0.3) is 0 Å². The maximum Gasteiger partial charge on any atom is 0.242 e. The first kappa shape index (κ1) is 23.4. The van der Waals surface area contributed by atoms with Crippen LogP contribution in [0.4, 0.5) is 15.8 Å². The van der Waals surface area contributed by atoms with Crippen molar-refractivity contribution in [3.05, 3.63) is 54.3 Å². The van der Waals surface area contributed by atoms with Gasteiger partial charge in [0.2, 0.25) is 5.91 Å². The molecule has 0 bridgehead atoms. The summed E-state index contributed by atoms with van der Waals surface area (Å²) >= 11 is 5.57. The number of hydrogen-bond acceptors (Lipinski definition) is 4. The normalized spacial score (nSPS) is 18.1. The van der Waals surface area contributed by atoms with E-state index in [1.807, 2.05) is 24.3 Å². The number of rotatable bonds is 6. The van der Waals surface area contributed by atoms with Crippen molar-refractivity contribution in [2.75, 3.05) is 43.9 Å². The monoisotopic (exact) mass is 470 g/mol. The summed E-state index contributed by atoms with van der Waals surface area (Å²) in [5.74, 6) is 0.930. The Morgan fingerprint density at radius 1 is 0.970 bits per heavy atom. The van der Waals surface area contributed by atoms with Crippen LogP contribution in [0.2, 0.25) is 0 Å². The molecule has 1 aliphatic carbocycles. The molecule has 8 heteroatoms. The Kier molecular flexibility index (Phi) is 7.77. The van der Waals surface area contributed by atoms with Crippen LogP contribution in [-0.4, -0.2) is 60.2 Å². The van der Waals surface area contributed by atoms with E-state index in [1.54, 1.807) is 19.2 Å². The Morgan fingerprint density at radius 2 is 1.55 bits per heavy atom. The third kappa shape index (κ3) is 6.00. The van der Waals surface area contributed by atoms with Gasteiger partial charge in [-0.25, -0.2) is 4.39 Å². The molecule has 1 amide bonds. The zero-order valence-corrected chi connectivity index (χ0v) is 19.7. The number of anilines is 2. The minimum Gasteiger partial charge on any atom is -0.497 e. The van der Waals surface area contributed by atoms with Crippen molar-refractivity contribution in [2.45, 2.75) is 31.7 Å². The van der Waals surface area contributed by atoms with Gasteiger partial charge in [0, 0.05) is 37.6 Å². The molecule has 1 aliphatic heterocycles. The van der Waals surface area contributed by atoms with Crippen molar-refractivity contribution in [3.63, 3.8) is 0 Å². The van der Waals surface area contributed by atoms with E-state index in [1.165, 1.54) is 25.0 Å². The summed E-state index contributed by atoms with van der Waals surface area (Å²) in [7, 11) is 1.63. The quantitative estimate of drug-likeness (QED) is 0.613. The van der Waals surface area contributed by atoms with Gasteiger partial charge in [0.15, 0.2) is 5.11 Å². The van der Waals surface area contributed by atoms with Crippen LogP contribution in [0.25, 0.3) is 0 Å². The second-order valence-electron chi connectivity index (χ2n) is 8.67. The van der Waals surface area contributed by atoms with Gasteiger partial charge in [-0.2, -0.15) is 0 Å². The van der Waals surface area contributed by atoms with E-state index in [-0.39, 0.29) is 17.8 Å². The third-order valence-corrected chi connectivity index (χ3v) is 6.92. The first-order chi connectivity index (χ1) is 16.0. The number of nitrogens with one attached hydrogen (secondary N) is 2. The molecule has 2 aromatic carbocycles. The van der Waals surface area contributed by atoms with Gasteiger partial charge in [0.1, 0.15) is 11.6 Å². The maximum atomic E-state index is 13.4. The molecule has 1 heterocycles. The summed E-state index contributed by atoms with van der Waals surface area (Å²) in [5, 5.41) is 6.93. The molecule has 1 unspecified atom stereocenters. The van der Waals surface area contributed by atoms with E-state index in [0.717, 1.165) is 56.1 Å².